The van der Waals surface area contributed by atoms with Crippen LogP contribution in [0.5, 0.6) is 11.5 Å². The van der Waals surface area contributed by atoms with E-state index < -0.39 is 0 Å². The Hall–Kier alpha value is -3.49. The van der Waals surface area contributed by atoms with Gasteiger partial charge >= 0.3 is 0 Å². The van der Waals surface area contributed by atoms with Crippen LogP contribution in [-0.2, 0) is 0 Å². The Balaban J connectivity index is 1.34. The van der Waals surface area contributed by atoms with Crippen LogP contribution in [0, 0.1) is 18.3 Å². The number of methoxy groups -OCH3 is 1. The summed E-state index contributed by atoms with van der Waals surface area (Å²) in [5, 5.41) is 3.78. The number of benzene rings is 3. The molecule has 5 heteroatoms. The molecule has 170 valence electrons. The van der Waals surface area contributed by atoms with Gasteiger partial charge in [0.1, 0.15) is 6.61 Å². The fourth-order valence-electron chi connectivity index (χ4n) is 4.86. The Labute approximate surface area is 208 Å². The third kappa shape index (κ3) is 4.34. The number of para-hydroxylation sites is 1. The lowest BCUT2D eigenvalue weighted by atomic mass is 9.77. The van der Waals surface area contributed by atoms with Gasteiger partial charge in [0, 0.05) is 17.8 Å². The predicted octanol–water partition coefficient (Wildman–Crippen LogP) is 7.05. The van der Waals surface area contributed by atoms with Crippen molar-refractivity contribution in [3.05, 3.63) is 94.0 Å². The van der Waals surface area contributed by atoms with Crippen molar-refractivity contribution >= 4 is 33.5 Å². The lowest BCUT2D eigenvalue weighted by Crippen LogP contribution is -2.28. The average Bonchev–Trinajstić information content (AvgIpc) is 3.37. The molecule has 2 aliphatic rings. The molecule has 0 unspecified atom stereocenters. The number of anilines is 1. The zero-order valence-electron chi connectivity index (χ0n) is 18.9. The van der Waals surface area contributed by atoms with Crippen LogP contribution in [0.4, 0.5) is 11.4 Å². The fraction of sp³-hybridized carbons (Fsp3) is 0.207. The minimum atomic E-state index is 0.174. The first kappa shape index (κ1) is 22.3. The Morgan fingerprint density at radius 2 is 2.00 bits per heavy atom. The van der Waals surface area contributed by atoms with Crippen molar-refractivity contribution in [2.24, 2.45) is 10.9 Å². The Morgan fingerprint density at radius 1 is 1.18 bits per heavy atom. The van der Waals surface area contributed by atoms with Crippen molar-refractivity contribution in [3.8, 4) is 23.8 Å². The number of terminal acetylenes is 1. The maximum Gasteiger partial charge on any atom is 0.176 e. The highest BCUT2D eigenvalue weighted by atomic mass is 79.9. The summed E-state index contributed by atoms with van der Waals surface area (Å²) in [5.74, 6) is 4.66. The quantitative estimate of drug-likeness (QED) is 0.218. The van der Waals surface area contributed by atoms with Gasteiger partial charge in [-0.15, -0.1) is 6.42 Å². The van der Waals surface area contributed by atoms with Gasteiger partial charge in [-0.25, -0.2) is 0 Å². The maximum atomic E-state index is 5.59. The molecule has 1 N–H and O–H groups in total. The van der Waals surface area contributed by atoms with E-state index in [1.807, 2.05) is 18.3 Å². The molecule has 1 aliphatic heterocycles. The molecule has 0 saturated carbocycles. The number of nitrogens with zero attached hydrogens (tertiary/aromatic N) is 1. The molecule has 0 saturated heterocycles. The molecule has 0 aromatic heterocycles. The molecule has 0 fully saturated rings. The third-order valence-electron chi connectivity index (χ3n) is 6.44. The van der Waals surface area contributed by atoms with E-state index in [0.29, 0.717) is 23.3 Å². The summed E-state index contributed by atoms with van der Waals surface area (Å²) in [6, 6.07) is 21.2. The van der Waals surface area contributed by atoms with Gasteiger partial charge in [0.25, 0.3) is 0 Å². The first-order chi connectivity index (χ1) is 16.7. The number of ether oxygens (including phenoxy) is 2. The van der Waals surface area contributed by atoms with E-state index in [2.05, 4.69) is 92.8 Å². The number of aliphatic imine (C=N–C) groups is 1. The molecule has 1 aliphatic carbocycles. The van der Waals surface area contributed by atoms with Gasteiger partial charge in [-0.3, -0.25) is 4.99 Å². The van der Waals surface area contributed by atoms with Crippen molar-refractivity contribution in [2.75, 3.05) is 19.0 Å². The zero-order chi connectivity index (χ0) is 23.5. The lowest BCUT2D eigenvalue weighted by Gasteiger charge is -2.37. The predicted molar refractivity (Wildman–Crippen MR) is 142 cm³/mol. The van der Waals surface area contributed by atoms with Gasteiger partial charge in [-0.1, -0.05) is 48.4 Å². The molecule has 0 bridgehead atoms. The highest BCUT2D eigenvalue weighted by Crippen LogP contribution is 2.49. The van der Waals surface area contributed by atoms with Crippen molar-refractivity contribution in [1.82, 2.24) is 0 Å². The highest BCUT2D eigenvalue weighted by Gasteiger charge is 2.37. The van der Waals surface area contributed by atoms with Gasteiger partial charge in [0.15, 0.2) is 11.5 Å². The Morgan fingerprint density at radius 3 is 2.79 bits per heavy atom. The molecule has 3 atom stereocenters. The first-order valence-corrected chi connectivity index (χ1v) is 12.1. The van der Waals surface area contributed by atoms with Crippen molar-refractivity contribution in [3.63, 3.8) is 0 Å². The van der Waals surface area contributed by atoms with Crippen LogP contribution in [0.1, 0.15) is 35.1 Å². The number of hydrogen-bond acceptors (Lipinski definition) is 4. The Bertz CT molecular complexity index is 1290. The number of fused-ring (bicyclic) bond motifs is 3. The molecule has 0 spiro atoms. The second-order valence-corrected chi connectivity index (χ2v) is 9.29. The summed E-state index contributed by atoms with van der Waals surface area (Å²) in [4.78, 5) is 4.67. The lowest BCUT2D eigenvalue weighted by molar-refractivity contribution is 0.329. The number of hydrogen-bond donors (Lipinski definition) is 1. The van der Waals surface area contributed by atoms with E-state index in [9.17, 15) is 0 Å². The van der Waals surface area contributed by atoms with Gasteiger partial charge in [-0.2, -0.15) is 0 Å². The van der Waals surface area contributed by atoms with Crippen LogP contribution in [0.3, 0.4) is 0 Å². The summed E-state index contributed by atoms with van der Waals surface area (Å²) in [6.07, 6.45) is 12.9. The normalized spacial score (nSPS) is 20.3. The van der Waals surface area contributed by atoms with E-state index in [1.54, 1.807) is 7.11 Å². The number of halogens is 1. The van der Waals surface area contributed by atoms with Gasteiger partial charge in [-0.05, 0) is 75.3 Å². The molecular weight excluding hydrogens is 488 g/mol. The molecule has 4 nitrogen and oxygen atoms in total. The van der Waals surface area contributed by atoms with E-state index in [1.165, 1.54) is 16.8 Å². The Kier molecular flexibility index (Phi) is 6.42. The van der Waals surface area contributed by atoms with Crippen molar-refractivity contribution in [1.29, 1.82) is 0 Å². The molecule has 3 aromatic rings. The largest absolute Gasteiger partial charge is 0.493 e. The second-order valence-electron chi connectivity index (χ2n) is 8.44. The smallest absolute Gasteiger partial charge is 0.176 e. The first-order valence-electron chi connectivity index (χ1n) is 11.3. The maximum absolute atomic E-state index is 5.59. The molecule has 34 heavy (non-hydrogen) atoms. The van der Waals surface area contributed by atoms with E-state index in [0.717, 1.165) is 22.1 Å². The van der Waals surface area contributed by atoms with Crippen molar-refractivity contribution in [2.45, 2.75) is 18.4 Å². The van der Waals surface area contributed by atoms with Gasteiger partial charge in [0.2, 0.25) is 0 Å². The second kappa shape index (κ2) is 9.79. The van der Waals surface area contributed by atoms with Gasteiger partial charge < -0.3 is 14.8 Å². The number of allylic oxidation sites excluding steroid dienone is 2. The fourth-order valence-corrected chi connectivity index (χ4v) is 5.43. The SMILES string of the molecule is C#CCOc1c(Br)cc(C=Nc2ccc([C@@H]3Nc4ccccc4[C@H]4C=CC[C@H]43)cc2)cc1OC. The van der Waals surface area contributed by atoms with Crippen LogP contribution in [-0.4, -0.2) is 19.9 Å². The molecule has 1 heterocycles. The summed E-state index contributed by atoms with van der Waals surface area (Å²) in [6.45, 7) is 0.174. The summed E-state index contributed by atoms with van der Waals surface area (Å²) < 4.78 is 11.8. The van der Waals surface area contributed by atoms with Crippen LogP contribution in [0.25, 0.3) is 0 Å². The molecule has 3 aromatic carbocycles. The molecule has 0 radical (unpaired) electrons. The third-order valence-corrected chi connectivity index (χ3v) is 7.03. The van der Waals surface area contributed by atoms with Gasteiger partial charge in [0.05, 0.1) is 23.3 Å². The molecule has 0 amide bonds. The van der Waals surface area contributed by atoms with E-state index in [4.69, 9.17) is 15.9 Å². The monoisotopic (exact) mass is 512 g/mol. The summed E-state index contributed by atoms with van der Waals surface area (Å²) in [5.41, 5.74) is 5.70. The van der Waals surface area contributed by atoms with Crippen LogP contribution >= 0.6 is 15.9 Å². The topological polar surface area (TPSA) is 42.8 Å². The minimum Gasteiger partial charge on any atom is -0.493 e. The van der Waals surface area contributed by atoms with E-state index >= 15 is 0 Å². The minimum absolute atomic E-state index is 0.174. The number of nitrogens with one attached hydrogen (secondary N) is 1. The van der Waals surface area contributed by atoms with Crippen molar-refractivity contribution < 1.29 is 9.47 Å². The van der Waals surface area contributed by atoms with Crippen LogP contribution in [0.15, 0.2) is 82.3 Å². The molecular formula is C29H25BrN2O2. The highest BCUT2D eigenvalue weighted by molar-refractivity contribution is 9.10. The van der Waals surface area contributed by atoms with Crippen LogP contribution < -0.4 is 14.8 Å². The number of rotatable bonds is 6. The standard InChI is InChI=1S/C29H25BrN2O2/c1-3-15-34-29-25(30)16-19(17-27(29)33-2)18-31-21-13-11-20(12-14-21)28-24-9-6-8-22(24)23-7-4-5-10-26(23)32-28/h1,4-8,10-14,16-18,22,24,28,32H,9,15H2,2H3/t22-,24-,28+/m1/s1. The summed E-state index contributed by atoms with van der Waals surface area (Å²) >= 11 is 3.54. The van der Waals surface area contributed by atoms with E-state index in [-0.39, 0.29) is 12.6 Å². The van der Waals surface area contributed by atoms with Crippen LogP contribution in [0.2, 0.25) is 0 Å². The zero-order valence-corrected chi connectivity index (χ0v) is 20.5. The molecule has 5 rings (SSSR count). The average molecular weight is 513 g/mol. The summed E-state index contributed by atoms with van der Waals surface area (Å²) in [7, 11) is 1.60.